The molecule has 1 aliphatic rings. The molecular weight excluding hydrogens is 541 g/mol. The summed E-state index contributed by atoms with van der Waals surface area (Å²) in [5.74, 6) is 1.77. The van der Waals surface area contributed by atoms with Gasteiger partial charge in [0.05, 0.1) is 12.2 Å². The Kier molecular flexibility index (Phi) is 9.24. The van der Waals surface area contributed by atoms with E-state index in [9.17, 15) is 0 Å². The number of guanidine groups is 1. The second-order valence-corrected chi connectivity index (χ2v) is 7.90. The molecule has 8 nitrogen and oxygen atoms in total. The van der Waals surface area contributed by atoms with Gasteiger partial charge in [-0.2, -0.15) is 4.98 Å². The summed E-state index contributed by atoms with van der Waals surface area (Å²) in [4.78, 5) is 15.6. The summed E-state index contributed by atoms with van der Waals surface area (Å²) >= 11 is 5.93. The lowest BCUT2D eigenvalue weighted by atomic mass is 10.1. The van der Waals surface area contributed by atoms with Gasteiger partial charge in [0.15, 0.2) is 5.96 Å². The lowest BCUT2D eigenvalue weighted by Gasteiger charge is -2.32. The summed E-state index contributed by atoms with van der Waals surface area (Å²) in [6, 6.07) is 13.8. The van der Waals surface area contributed by atoms with E-state index in [1.54, 1.807) is 19.2 Å². The molecule has 4 rings (SSSR count). The fourth-order valence-electron chi connectivity index (χ4n) is 3.55. The van der Waals surface area contributed by atoms with Crippen LogP contribution in [0.1, 0.15) is 24.4 Å². The maximum absolute atomic E-state index is 5.93. The van der Waals surface area contributed by atoms with Gasteiger partial charge in [-0.3, -0.25) is 14.9 Å². The molecule has 0 amide bonds. The van der Waals surface area contributed by atoms with E-state index in [2.05, 4.69) is 41.7 Å². The smallest absolute Gasteiger partial charge is 0.246 e. The number of likely N-dealkylation sites (tertiary alicyclic amines) is 1. The summed E-state index contributed by atoms with van der Waals surface area (Å²) in [5, 5.41) is 11.5. The molecule has 2 aromatic heterocycles. The zero-order chi connectivity index (χ0) is 21.5. The van der Waals surface area contributed by atoms with E-state index in [1.165, 1.54) is 0 Å². The Morgan fingerprint density at radius 1 is 1.19 bits per heavy atom. The third-order valence-corrected chi connectivity index (χ3v) is 5.49. The van der Waals surface area contributed by atoms with Gasteiger partial charge < -0.3 is 15.2 Å². The highest BCUT2D eigenvalue weighted by Crippen LogP contribution is 2.18. The second kappa shape index (κ2) is 12.1. The van der Waals surface area contributed by atoms with Gasteiger partial charge in [0.1, 0.15) is 0 Å². The van der Waals surface area contributed by atoms with E-state index in [-0.39, 0.29) is 24.0 Å². The number of hydrogen-bond acceptors (Lipinski definition) is 6. The highest BCUT2D eigenvalue weighted by molar-refractivity contribution is 14.0. The first kappa shape index (κ1) is 24.4. The molecule has 0 radical (unpaired) electrons. The standard InChI is InChI=1S/C22H26ClN7O.HI/c1-24-22(26-14-20-28-21(29-31-20)16-5-7-17(23)8-6-16)27-18-9-12-30(13-10-18)15-19-4-2-3-11-25-19;/h2-8,11,18H,9-10,12-15H2,1H3,(H2,24,26,27);1H. The summed E-state index contributed by atoms with van der Waals surface area (Å²) in [7, 11) is 1.76. The first-order valence-corrected chi connectivity index (χ1v) is 10.8. The number of nitrogens with one attached hydrogen (secondary N) is 2. The van der Waals surface area contributed by atoms with Crippen molar-refractivity contribution in [3.63, 3.8) is 0 Å². The molecule has 0 bridgehead atoms. The number of piperidine rings is 1. The van der Waals surface area contributed by atoms with Crippen LogP contribution in [0.4, 0.5) is 0 Å². The molecule has 1 aromatic carbocycles. The first-order chi connectivity index (χ1) is 15.2. The van der Waals surface area contributed by atoms with Crippen LogP contribution in [0.15, 0.2) is 58.2 Å². The summed E-state index contributed by atoms with van der Waals surface area (Å²) < 4.78 is 5.35. The van der Waals surface area contributed by atoms with Crippen LogP contribution in [0, 0.1) is 0 Å². The van der Waals surface area contributed by atoms with Gasteiger partial charge in [0.25, 0.3) is 0 Å². The molecule has 3 aromatic rings. The van der Waals surface area contributed by atoms with Crippen LogP contribution in [0.25, 0.3) is 11.4 Å². The molecule has 0 atom stereocenters. The SMILES string of the molecule is CN=C(NCc1nc(-c2ccc(Cl)cc2)no1)NC1CCN(Cc2ccccn2)CC1.I. The van der Waals surface area contributed by atoms with Crippen molar-refractivity contribution in [2.24, 2.45) is 4.99 Å². The monoisotopic (exact) mass is 567 g/mol. The first-order valence-electron chi connectivity index (χ1n) is 10.4. The number of hydrogen-bond donors (Lipinski definition) is 2. The number of nitrogens with zero attached hydrogens (tertiary/aromatic N) is 5. The maximum Gasteiger partial charge on any atom is 0.246 e. The Balaban J connectivity index is 0.00000289. The molecule has 1 fully saturated rings. The molecule has 1 aliphatic heterocycles. The predicted octanol–water partition coefficient (Wildman–Crippen LogP) is 3.73. The van der Waals surface area contributed by atoms with Crippen molar-refractivity contribution < 1.29 is 4.52 Å². The topological polar surface area (TPSA) is 91.5 Å². The summed E-state index contributed by atoms with van der Waals surface area (Å²) in [6.45, 7) is 3.35. The largest absolute Gasteiger partial charge is 0.354 e. The minimum Gasteiger partial charge on any atom is -0.354 e. The molecule has 1 saturated heterocycles. The molecule has 32 heavy (non-hydrogen) atoms. The van der Waals surface area contributed by atoms with Crippen LogP contribution in [-0.2, 0) is 13.1 Å². The lowest BCUT2D eigenvalue weighted by molar-refractivity contribution is 0.196. The van der Waals surface area contributed by atoms with E-state index in [0.717, 1.165) is 49.7 Å². The third kappa shape index (κ3) is 6.88. The Hall–Kier alpha value is -2.24. The van der Waals surface area contributed by atoms with Crippen LogP contribution < -0.4 is 10.6 Å². The molecule has 0 saturated carbocycles. The van der Waals surface area contributed by atoms with Crippen molar-refractivity contribution in [2.45, 2.75) is 32.0 Å². The van der Waals surface area contributed by atoms with E-state index in [1.807, 2.05) is 30.5 Å². The number of rotatable bonds is 6. The normalized spacial score (nSPS) is 15.2. The third-order valence-electron chi connectivity index (χ3n) is 5.24. The van der Waals surface area contributed by atoms with Gasteiger partial charge in [0.2, 0.25) is 11.7 Å². The van der Waals surface area contributed by atoms with E-state index in [4.69, 9.17) is 16.1 Å². The fourth-order valence-corrected chi connectivity index (χ4v) is 3.67. The van der Waals surface area contributed by atoms with Crippen LogP contribution >= 0.6 is 35.6 Å². The maximum atomic E-state index is 5.93. The van der Waals surface area contributed by atoms with Gasteiger partial charge in [-0.25, -0.2) is 0 Å². The molecule has 10 heteroatoms. The average molecular weight is 568 g/mol. The highest BCUT2D eigenvalue weighted by atomic mass is 127. The molecule has 0 spiro atoms. The molecule has 3 heterocycles. The minimum absolute atomic E-state index is 0. The molecule has 170 valence electrons. The van der Waals surface area contributed by atoms with E-state index in [0.29, 0.717) is 29.3 Å². The zero-order valence-electron chi connectivity index (χ0n) is 17.9. The Morgan fingerprint density at radius 2 is 1.97 bits per heavy atom. The van der Waals surface area contributed by atoms with E-state index < -0.39 is 0 Å². The van der Waals surface area contributed by atoms with Gasteiger partial charge in [-0.1, -0.05) is 22.8 Å². The van der Waals surface area contributed by atoms with Gasteiger partial charge >= 0.3 is 0 Å². The van der Waals surface area contributed by atoms with Crippen molar-refractivity contribution in [1.82, 2.24) is 30.7 Å². The highest BCUT2D eigenvalue weighted by Gasteiger charge is 2.20. The quantitative estimate of drug-likeness (QED) is 0.266. The van der Waals surface area contributed by atoms with Crippen LogP contribution in [0.3, 0.4) is 0 Å². The van der Waals surface area contributed by atoms with E-state index >= 15 is 0 Å². The zero-order valence-corrected chi connectivity index (χ0v) is 21.0. The summed E-state index contributed by atoms with van der Waals surface area (Å²) in [5.41, 5.74) is 1.98. The number of aromatic nitrogens is 3. The van der Waals surface area contributed by atoms with Crippen molar-refractivity contribution >= 4 is 41.5 Å². The summed E-state index contributed by atoms with van der Waals surface area (Å²) in [6.07, 6.45) is 3.95. The van der Waals surface area contributed by atoms with Gasteiger partial charge in [0, 0.05) is 49.5 Å². The molecule has 2 N–H and O–H groups in total. The average Bonchev–Trinajstić information content (AvgIpc) is 3.28. The second-order valence-electron chi connectivity index (χ2n) is 7.46. The Labute approximate surface area is 209 Å². The number of benzene rings is 1. The van der Waals surface area contributed by atoms with Gasteiger partial charge in [-0.15, -0.1) is 24.0 Å². The Bertz CT molecular complexity index is 989. The van der Waals surface area contributed by atoms with Crippen molar-refractivity contribution in [2.75, 3.05) is 20.1 Å². The molecular formula is C22H27ClIN7O. The van der Waals surface area contributed by atoms with Crippen LogP contribution in [-0.4, -0.2) is 52.2 Å². The van der Waals surface area contributed by atoms with Crippen molar-refractivity contribution in [3.05, 3.63) is 65.3 Å². The van der Waals surface area contributed by atoms with Crippen LogP contribution in [0.2, 0.25) is 5.02 Å². The number of halogens is 2. The lowest BCUT2D eigenvalue weighted by Crippen LogP contribution is -2.48. The van der Waals surface area contributed by atoms with Crippen LogP contribution in [0.5, 0.6) is 0 Å². The predicted molar refractivity (Wildman–Crippen MR) is 136 cm³/mol. The van der Waals surface area contributed by atoms with Crippen molar-refractivity contribution in [1.29, 1.82) is 0 Å². The minimum atomic E-state index is 0. The van der Waals surface area contributed by atoms with Crippen molar-refractivity contribution in [3.8, 4) is 11.4 Å². The fraction of sp³-hybridized carbons (Fsp3) is 0.364. The molecule has 0 unspecified atom stereocenters. The number of aliphatic imine (C=N–C) groups is 1. The van der Waals surface area contributed by atoms with Gasteiger partial charge in [-0.05, 0) is 49.2 Å². The Morgan fingerprint density at radius 3 is 2.66 bits per heavy atom. The molecule has 0 aliphatic carbocycles. The number of pyridine rings is 1.